The zero-order valence-electron chi connectivity index (χ0n) is 13.0. The number of H-pyrrole nitrogens is 1. The maximum Gasteiger partial charge on any atom is 0.291 e. The van der Waals surface area contributed by atoms with E-state index in [2.05, 4.69) is 47.3 Å². The molecule has 26 heavy (non-hydrogen) atoms. The van der Waals surface area contributed by atoms with E-state index < -0.39 is 17.6 Å². The van der Waals surface area contributed by atoms with E-state index in [4.69, 9.17) is 0 Å². The summed E-state index contributed by atoms with van der Waals surface area (Å²) in [5.74, 6) is -1.72. The SMILES string of the molecule is O=C(/C=C/c1ccc(-n2cc(Br)cn2)c(F)c1)NNC(=O)c1cn[nH]n1. The highest BCUT2D eigenvalue weighted by molar-refractivity contribution is 9.10. The van der Waals surface area contributed by atoms with Gasteiger partial charge in [0.05, 0.1) is 16.9 Å². The minimum absolute atomic E-state index is 0.0252. The quantitative estimate of drug-likeness (QED) is 0.435. The third kappa shape index (κ3) is 4.19. The Morgan fingerprint density at radius 3 is 2.77 bits per heavy atom. The van der Waals surface area contributed by atoms with Crippen molar-refractivity contribution in [2.24, 2.45) is 0 Å². The molecule has 0 radical (unpaired) electrons. The third-order valence-electron chi connectivity index (χ3n) is 3.14. The minimum atomic E-state index is -0.624. The Morgan fingerprint density at radius 2 is 2.12 bits per heavy atom. The molecule has 0 fully saturated rings. The average molecular weight is 420 g/mol. The van der Waals surface area contributed by atoms with Crippen molar-refractivity contribution in [2.45, 2.75) is 0 Å². The van der Waals surface area contributed by atoms with Crippen LogP contribution in [0.25, 0.3) is 11.8 Å². The number of hydrogen-bond acceptors (Lipinski definition) is 5. The summed E-state index contributed by atoms with van der Waals surface area (Å²) < 4.78 is 16.3. The van der Waals surface area contributed by atoms with Crippen LogP contribution in [0.4, 0.5) is 4.39 Å². The van der Waals surface area contributed by atoms with E-state index in [1.165, 1.54) is 23.0 Å². The van der Waals surface area contributed by atoms with Gasteiger partial charge < -0.3 is 0 Å². The molecule has 2 heterocycles. The Balaban J connectivity index is 1.60. The number of carbonyl (C=O) groups excluding carboxylic acids is 2. The summed E-state index contributed by atoms with van der Waals surface area (Å²) in [6, 6.07) is 4.44. The highest BCUT2D eigenvalue weighted by atomic mass is 79.9. The first-order chi connectivity index (χ1) is 12.5. The second kappa shape index (κ2) is 7.70. The van der Waals surface area contributed by atoms with E-state index in [1.807, 2.05) is 0 Å². The van der Waals surface area contributed by atoms with E-state index >= 15 is 0 Å². The molecule has 3 aromatic rings. The van der Waals surface area contributed by atoms with Crippen LogP contribution in [0.2, 0.25) is 0 Å². The molecule has 3 rings (SSSR count). The van der Waals surface area contributed by atoms with Gasteiger partial charge in [0, 0.05) is 12.3 Å². The molecule has 0 aliphatic rings. The molecule has 0 saturated carbocycles. The number of halogens is 2. The van der Waals surface area contributed by atoms with E-state index in [0.29, 0.717) is 5.56 Å². The largest absolute Gasteiger partial charge is 0.291 e. The summed E-state index contributed by atoms with van der Waals surface area (Å²) in [6.45, 7) is 0. The van der Waals surface area contributed by atoms with Crippen LogP contribution in [0.1, 0.15) is 16.1 Å². The van der Waals surface area contributed by atoms with Crippen molar-refractivity contribution >= 4 is 33.8 Å². The normalized spacial score (nSPS) is 10.8. The van der Waals surface area contributed by atoms with Crippen molar-refractivity contribution in [2.75, 3.05) is 0 Å². The molecule has 2 aromatic heterocycles. The van der Waals surface area contributed by atoms with Crippen LogP contribution in [-0.4, -0.2) is 37.0 Å². The number of carbonyl (C=O) groups is 2. The highest BCUT2D eigenvalue weighted by Gasteiger charge is 2.09. The van der Waals surface area contributed by atoms with Gasteiger partial charge in [-0.2, -0.15) is 20.5 Å². The Bertz CT molecular complexity index is 968. The predicted octanol–water partition coefficient (Wildman–Crippen LogP) is 1.37. The van der Waals surface area contributed by atoms with E-state index in [-0.39, 0.29) is 11.4 Å². The number of hydrogen-bond donors (Lipinski definition) is 3. The number of aromatic nitrogens is 5. The van der Waals surface area contributed by atoms with Crippen LogP contribution in [0, 0.1) is 5.82 Å². The fraction of sp³-hybridized carbons (Fsp3) is 0. The molecule has 0 spiro atoms. The summed E-state index contributed by atoms with van der Waals surface area (Å²) >= 11 is 3.25. The lowest BCUT2D eigenvalue weighted by Crippen LogP contribution is -2.40. The standard InChI is InChI=1S/C15H11BrFN7O2/c16-10-6-19-24(8-10)13-3-1-9(5-11(13)17)2-4-14(25)21-22-15(26)12-7-18-23-20-12/h1-8H,(H,21,25)(H,22,26)(H,18,20,23)/b4-2+. The molecule has 9 nitrogen and oxygen atoms in total. The Labute approximate surface area is 154 Å². The summed E-state index contributed by atoms with van der Waals surface area (Å²) in [7, 11) is 0. The van der Waals surface area contributed by atoms with Crippen LogP contribution in [-0.2, 0) is 4.79 Å². The fourth-order valence-electron chi connectivity index (χ4n) is 1.95. The van der Waals surface area contributed by atoms with Crippen LogP contribution in [0.5, 0.6) is 0 Å². The van der Waals surface area contributed by atoms with Crippen molar-refractivity contribution in [1.82, 2.24) is 36.0 Å². The van der Waals surface area contributed by atoms with Crippen LogP contribution < -0.4 is 10.9 Å². The van der Waals surface area contributed by atoms with Gasteiger partial charge in [0.1, 0.15) is 11.5 Å². The van der Waals surface area contributed by atoms with E-state index in [0.717, 1.165) is 10.5 Å². The maximum atomic E-state index is 14.2. The van der Waals surface area contributed by atoms with Crippen LogP contribution in [0.3, 0.4) is 0 Å². The lowest BCUT2D eigenvalue weighted by atomic mass is 10.2. The molecule has 0 atom stereocenters. The first-order valence-electron chi connectivity index (χ1n) is 7.17. The second-order valence-electron chi connectivity index (χ2n) is 4.95. The lowest BCUT2D eigenvalue weighted by molar-refractivity contribution is -0.117. The van der Waals surface area contributed by atoms with Gasteiger partial charge >= 0.3 is 0 Å². The summed E-state index contributed by atoms with van der Waals surface area (Å²) in [5.41, 5.74) is 5.11. The van der Waals surface area contributed by atoms with Crippen molar-refractivity contribution in [3.63, 3.8) is 0 Å². The van der Waals surface area contributed by atoms with Crippen molar-refractivity contribution in [1.29, 1.82) is 0 Å². The topological polar surface area (TPSA) is 118 Å². The molecular weight excluding hydrogens is 409 g/mol. The number of rotatable bonds is 4. The number of nitrogens with one attached hydrogen (secondary N) is 3. The van der Waals surface area contributed by atoms with Gasteiger partial charge in [0.2, 0.25) is 0 Å². The third-order valence-corrected chi connectivity index (χ3v) is 3.55. The first kappa shape index (κ1) is 17.5. The number of hydrazine groups is 1. The van der Waals surface area contributed by atoms with Crippen molar-refractivity contribution < 1.29 is 14.0 Å². The molecule has 3 N–H and O–H groups in total. The zero-order valence-corrected chi connectivity index (χ0v) is 14.6. The maximum absolute atomic E-state index is 14.2. The molecule has 132 valence electrons. The smallest absolute Gasteiger partial charge is 0.268 e. The minimum Gasteiger partial charge on any atom is -0.268 e. The molecule has 1 aromatic carbocycles. The molecular formula is C15H11BrFN7O2. The van der Waals surface area contributed by atoms with E-state index in [1.54, 1.807) is 24.5 Å². The fourth-order valence-corrected chi connectivity index (χ4v) is 2.24. The van der Waals surface area contributed by atoms with Crippen LogP contribution >= 0.6 is 15.9 Å². The average Bonchev–Trinajstić information content (AvgIpc) is 3.29. The zero-order chi connectivity index (χ0) is 18.5. The van der Waals surface area contributed by atoms with Crippen molar-refractivity contribution in [3.8, 4) is 5.69 Å². The van der Waals surface area contributed by atoms with Gasteiger partial charge in [-0.1, -0.05) is 6.07 Å². The highest BCUT2D eigenvalue weighted by Crippen LogP contribution is 2.17. The first-order valence-corrected chi connectivity index (χ1v) is 7.96. The number of benzene rings is 1. The molecule has 0 aliphatic carbocycles. The molecule has 11 heteroatoms. The number of nitrogens with zero attached hydrogens (tertiary/aromatic N) is 4. The monoisotopic (exact) mass is 419 g/mol. The summed E-state index contributed by atoms with van der Waals surface area (Å²) in [5, 5.41) is 13.3. The second-order valence-corrected chi connectivity index (χ2v) is 5.86. The molecule has 0 bridgehead atoms. The Morgan fingerprint density at radius 1 is 1.27 bits per heavy atom. The van der Waals surface area contributed by atoms with Gasteiger partial charge in [-0.15, -0.1) is 0 Å². The Kier molecular flexibility index (Phi) is 5.17. The van der Waals surface area contributed by atoms with E-state index in [9.17, 15) is 14.0 Å². The van der Waals surface area contributed by atoms with Gasteiger partial charge in [-0.25, -0.2) is 9.07 Å². The van der Waals surface area contributed by atoms with Crippen molar-refractivity contribution in [3.05, 3.63) is 64.4 Å². The number of amides is 2. The summed E-state index contributed by atoms with van der Waals surface area (Å²) in [4.78, 5) is 23.3. The molecule has 2 amide bonds. The van der Waals surface area contributed by atoms with Gasteiger partial charge in [0.25, 0.3) is 11.8 Å². The van der Waals surface area contributed by atoms with Gasteiger partial charge in [0.15, 0.2) is 5.69 Å². The Hall–Kier alpha value is -3.34. The summed E-state index contributed by atoms with van der Waals surface area (Å²) in [6.07, 6.45) is 6.94. The molecule has 0 unspecified atom stereocenters. The molecule has 0 saturated heterocycles. The van der Waals surface area contributed by atoms with Crippen LogP contribution in [0.15, 0.2) is 47.3 Å². The van der Waals surface area contributed by atoms with Gasteiger partial charge in [-0.3, -0.25) is 20.4 Å². The lowest BCUT2D eigenvalue weighted by Gasteiger charge is -2.04. The predicted molar refractivity (Wildman–Crippen MR) is 92.2 cm³/mol. The van der Waals surface area contributed by atoms with Gasteiger partial charge in [-0.05, 0) is 39.7 Å². The number of aromatic amines is 1. The molecule has 0 aliphatic heterocycles.